The van der Waals surface area contributed by atoms with Crippen molar-refractivity contribution in [3.05, 3.63) is 59.0 Å². The van der Waals surface area contributed by atoms with Crippen molar-refractivity contribution in [2.75, 3.05) is 0 Å². The monoisotopic (exact) mass is 307 g/mol. The summed E-state index contributed by atoms with van der Waals surface area (Å²) in [5.74, 6) is -0.260. The van der Waals surface area contributed by atoms with Crippen LogP contribution in [0.2, 0.25) is 0 Å². The number of nitrogens with one attached hydrogen (secondary N) is 1. The number of hydrogen-bond acceptors (Lipinski definition) is 4. The number of nitrogens with zero attached hydrogens (tertiary/aromatic N) is 4. The second-order valence-corrected chi connectivity index (χ2v) is 5.37. The molecule has 1 N–H and O–H groups in total. The number of benzene rings is 1. The van der Waals surface area contributed by atoms with E-state index in [4.69, 9.17) is 0 Å². The average molecular weight is 307 g/mol. The van der Waals surface area contributed by atoms with Gasteiger partial charge in [0.2, 0.25) is 0 Å². The fourth-order valence-corrected chi connectivity index (χ4v) is 2.46. The zero-order valence-corrected chi connectivity index (χ0v) is 13.2. The van der Waals surface area contributed by atoms with Gasteiger partial charge in [-0.05, 0) is 26.0 Å². The molecule has 6 heteroatoms. The summed E-state index contributed by atoms with van der Waals surface area (Å²) in [6.45, 7) is 3.76. The largest absolute Gasteiger partial charge is 0.275 e. The molecule has 2 aromatic heterocycles. The summed E-state index contributed by atoms with van der Waals surface area (Å²) in [6.07, 6.45) is 3.44. The first-order valence-corrected chi connectivity index (χ1v) is 7.24. The van der Waals surface area contributed by atoms with E-state index in [0.717, 1.165) is 27.9 Å². The van der Waals surface area contributed by atoms with Gasteiger partial charge in [0.15, 0.2) is 0 Å². The van der Waals surface area contributed by atoms with Gasteiger partial charge in [-0.3, -0.25) is 14.5 Å². The second kappa shape index (κ2) is 6.00. The predicted octanol–water partition coefficient (Wildman–Crippen LogP) is 2.35. The van der Waals surface area contributed by atoms with Crippen LogP contribution in [0.4, 0.5) is 0 Å². The SMILES string of the molecule is Cc1cc(C(=O)N/N=C/c2cn(C)nc2C)c2ccccc2n1. The highest BCUT2D eigenvalue weighted by Gasteiger charge is 2.11. The van der Waals surface area contributed by atoms with Crippen molar-refractivity contribution in [2.24, 2.45) is 12.1 Å². The Labute approximate surface area is 133 Å². The molecule has 0 radical (unpaired) electrons. The topological polar surface area (TPSA) is 72.2 Å². The molecule has 0 saturated heterocycles. The van der Waals surface area contributed by atoms with Gasteiger partial charge in [-0.15, -0.1) is 0 Å². The Morgan fingerprint density at radius 2 is 2.09 bits per heavy atom. The van der Waals surface area contributed by atoms with E-state index >= 15 is 0 Å². The van der Waals surface area contributed by atoms with E-state index < -0.39 is 0 Å². The molecule has 0 atom stereocenters. The molecule has 3 rings (SSSR count). The van der Waals surface area contributed by atoms with E-state index in [-0.39, 0.29) is 5.91 Å². The minimum Gasteiger partial charge on any atom is -0.275 e. The van der Waals surface area contributed by atoms with Gasteiger partial charge in [0, 0.05) is 29.9 Å². The van der Waals surface area contributed by atoms with Crippen LogP contribution in [0.3, 0.4) is 0 Å². The van der Waals surface area contributed by atoms with Gasteiger partial charge >= 0.3 is 0 Å². The van der Waals surface area contributed by atoms with Gasteiger partial charge < -0.3 is 0 Å². The van der Waals surface area contributed by atoms with Crippen LogP contribution in [0.1, 0.15) is 27.3 Å². The zero-order valence-electron chi connectivity index (χ0n) is 13.2. The van der Waals surface area contributed by atoms with Crippen LogP contribution in [0.15, 0.2) is 41.6 Å². The molecule has 0 saturated carbocycles. The molecule has 0 fully saturated rings. The number of carbonyl (C=O) groups excluding carboxylic acids is 1. The smallest absolute Gasteiger partial charge is 0.272 e. The number of aryl methyl sites for hydroxylation is 3. The fourth-order valence-electron chi connectivity index (χ4n) is 2.46. The third-order valence-corrected chi connectivity index (χ3v) is 3.51. The summed E-state index contributed by atoms with van der Waals surface area (Å²) in [6, 6.07) is 9.33. The summed E-state index contributed by atoms with van der Waals surface area (Å²) in [5, 5.41) is 9.06. The molecule has 0 aliphatic heterocycles. The lowest BCUT2D eigenvalue weighted by Gasteiger charge is -2.06. The summed E-state index contributed by atoms with van der Waals surface area (Å²) in [4.78, 5) is 16.8. The maximum atomic E-state index is 12.4. The van der Waals surface area contributed by atoms with Crippen molar-refractivity contribution in [1.82, 2.24) is 20.2 Å². The Morgan fingerprint density at radius 3 is 2.83 bits per heavy atom. The third-order valence-electron chi connectivity index (χ3n) is 3.51. The summed E-state index contributed by atoms with van der Waals surface area (Å²) in [5.41, 5.74) is 6.44. The summed E-state index contributed by atoms with van der Waals surface area (Å²) in [7, 11) is 1.84. The number of hydrogen-bond donors (Lipinski definition) is 1. The highest BCUT2D eigenvalue weighted by molar-refractivity contribution is 6.06. The standard InChI is InChI=1S/C17H17N5O/c1-11-8-15(14-6-4-5-7-16(14)19-11)17(23)20-18-9-13-10-22(3)21-12(13)2/h4-10H,1-3H3,(H,20,23)/b18-9+. The van der Waals surface area contributed by atoms with Gasteiger partial charge in [-0.2, -0.15) is 10.2 Å². The van der Waals surface area contributed by atoms with Crippen molar-refractivity contribution >= 4 is 23.0 Å². The fraction of sp³-hybridized carbons (Fsp3) is 0.176. The molecule has 1 aromatic carbocycles. The Hall–Kier alpha value is -3.02. The summed E-state index contributed by atoms with van der Waals surface area (Å²) < 4.78 is 1.71. The van der Waals surface area contributed by atoms with E-state index in [1.54, 1.807) is 17.0 Å². The lowest BCUT2D eigenvalue weighted by Crippen LogP contribution is -2.18. The molecular weight excluding hydrogens is 290 g/mol. The molecule has 116 valence electrons. The van der Waals surface area contributed by atoms with Crippen LogP contribution in [0.5, 0.6) is 0 Å². The van der Waals surface area contributed by atoms with E-state index in [1.165, 1.54) is 0 Å². The Balaban J connectivity index is 1.85. The van der Waals surface area contributed by atoms with Gasteiger partial charge in [-0.1, -0.05) is 18.2 Å². The molecule has 2 heterocycles. The maximum Gasteiger partial charge on any atom is 0.272 e. The number of pyridine rings is 1. The first-order chi connectivity index (χ1) is 11.0. The van der Waals surface area contributed by atoms with Crippen LogP contribution >= 0.6 is 0 Å². The van der Waals surface area contributed by atoms with Gasteiger partial charge in [-0.25, -0.2) is 5.43 Å². The van der Waals surface area contributed by atoms with Crippen LogP contribution < -0.4 is 5.43 Å². The minimum atomic E-state index is -0.260. The number of amides is 1. The van der Waals surface area contributed by atoms with Crippen LogP contribution in [-0.4, -0.2) is 26.9 Å². The first-order valence-electron chi connectivity index (χ1n) is 7.24. The highest BCUT2D eigenvalue weighted by Crippen LogP contribution is 2.18. The number of para-hydroxylation sites is 1. The van der Waals surface area contributed by atoms with E-state index in [1.807, 2.05) is 51.4 Å². The number of carbonyl (C=O) groups is 1. The molecule has 0 aliphatic rings. The van der Waals surface area contributed by atoms with Crippen LogP contribution in [-0.2, 0) is 7.05 Å². The Bertz CT molecular complexity index is 910. The van der Waals surface area contributed by atoms with E-state index in [2.05, 4.69) is 20.6 Å². The summed E-state index contributed by atoms with van der Waals surface area (Å²) >= 11 is 0. The van der Waals surface area contributed by atoms with Crippen molar-refractivity contribution in [3.63, 3.8) is 0 Å². The molecule has 0 spiro atoms. The van der Waals surface area contributed by atoms with Crippen molar-refractivity contribution in [1.29, 1.82) is 0 Å². The molecular formula is C17H17N5O. The lowest BCUT2D eigenvalue weighted by molar-refractivity contribution is 0.0956. The zero-order chi connectivity index (χ0) is 16.4. The Kier molecular flexibility index (Phi) is 3.89. The molecule has 0 unspecified atom stereocenters. The normalized spacial score (nSPS) is 11.3. The number of rotatable bonds is 3. The van der Waals surface area contributed by atoms with Gasteiger partial charge in [0.25, 0.3) is 5.91 Å². The maximum absolute atomic E-state index is 12.4. The van der Waals surface area contributed by atoms with Gasteiger partial charge in [0.1, 0.15) is 0 Å². The van der Waals surface area contributed by atoms with E-state index in [9.17, 15) is 4.79 Å². The number of fused-ring (bicyclic) bond motifs is 1. The highest BCUT2D eigenvalue weighted by atomic mass is 16.2. The molecule has 3 aromatic rings. The molecule has 1 amide bonds. The molecule has 6 nitrogen and oxygen atoms in total. The van der Waals surface area contributed by atoms with Crippen LogP contribution in [0.25, 0.3) is 10.9 Å². The predicted molar refractivity (Wildman–Crippen MR) is 89.5 cm³/mol. The average Bonchev–Trinajstić information content (AvgIpc) is 2.84. The molecule has 23 heavy (non-hydrogen) atoms. The first kappa shape index (κ1) is 14.9. The second-order valence-electron chi connectivity index (χ2n) is 5.37. The molecule has 0 aliphatic carbocycles. The van der Waals surface area contributed by atoms with E-state index in [0.29, 0.717) is 5.56 Å². The Morgan fingerprint density at radius 1 is 1.30 bits per heavy atom. The van der Waals surface area contributed by atoms with Crippen molar-refractivity contribution in [3.8, 4) is 0 Å². The van der Waals surface area contributed by atoms with Crippen molar-refractivity contribution in [2.45, 2.75) is 13.8 Å². The van der Waals surface area contributed by atoms with Gasteiger partial charge in [0.05, 0.1) is 23.0 Å². The third kappa shape index (κ3) is 3.11. The molecule has 0 bridgehead atoms. The lowest BCUT2D eigenvalue weighted by atomic mass is 10.1. The number of aromatic nitrogens is 3. The number of hydrazone groups is 1. The minimum absolute atomic E-state index is 0.260. The van der Waals surface area contributed by atoms with Crippen LogP contribution in [0, 0.1) is 13.8 Å². The van der Waals surface area contributed by atoms with Crippen molar-refractivity contribution < 1.29 is 4.79 Å². The quantitative estimate of drug-likeness (QED) is 0.596.